The molecule has 0 saturated heterocycles. The molecule has 0 aliphatic carbocycles. The molecule has 1 aliphatic rings. The predicted molar refractivity (Wildman–Crippen MR) is 280 cm³/mol. The minimum Gasteiger partial charge on any atom is -0.363 e. The van der Waals surface area contributed by atoms with Gasteiger partial charge in [-0.2, -0.15) is 0 Å². The highest BCUT2D eigenvalue weighted by Crippen LogP contribution is 2.46. The van der Waals surface area contributed by atoms with Crippen molar-refractivity contribution < 1.29 is 0 Å². The molecule has 5 heteroatoms. The van der Waals surface area contributed by atoms with Crippen LogP contribution in [0.2, 0.25) is 0 Å². The van der Waals surface area contributed by atoms with Gasteiger partial charge in [0.05, 0.1) is 11.4 Å². The Labute approximate surface area is 391 Å². The second-order valence-corrected chi connectivity index (χ2v) is 18.5. The van der Waals surface area contributed by atoms with Crippen LogP contribution in [0.1, 0.15) is 20.8 Å². The number of hydrogen-bond donors (Lipinski definition) is 1. The van der Waals surface area contributed by atoms with E-state index in [0.717, 1.165) is 55.9 Å². The summed E-state index contributed by atoms with van der Waals surface area (Å²) in [5.74, 6) is 1.88. The zero-order valence-electron chi connectivity index (χ0n) is 37.7. The Kier molecular flexibility index (Phi) is 9.72. The van der Waals surface area contributed by atoms with Crippen LogP contribution in [0.4, 0.5) is 17.1 Å². The third kappa shape index (κ3) is 7.17. The van der Waals surface area contributed by atoms with Crippen LogP contribution in [0.15, 0.2) is 218 Å². The van der Waals surface area contributed by atoms with Gasteiger partial charge in [0.1, 0.15) is 6.17 Å². The van der Waals surface area contributed by atoms with Crippen molar-refractivity contribution >= 4 is 49.4 Å². The molecule has 0 saturated carbocycles. The molecule has 320 valence electrons. The molecule has 1 N–H and O–H groups in total. The molecule has 11 aromatic rings. The number of aromatic nitrogens is 3. The number of para-hydroxylation sites is 2. The molecule has 0 amide bonds. The first-order valence-corrected chi connectivity index (χ1v) is 23.1. The Morgan fingerprint density at radius 3 is 1.46 bits per heavy atom. The lowest BCUT2D eigenvalue weighted by atomic mass is 9.90. The van der Waals surface area contributed by atoms with Gasteiger partial charge in [-0.25, -0.2) is 15.0 Å². The van der Waals surface area contributed by atoms with Gasteiger partial charge < -0.3 is 10.2 Å². The van der Waals surface area contributed by atoms with E-state index in [-0.39, 0.29) is 11.6 Å². The van der Waals surface area contributed by atoms with Gasteiger partial charge in [0.2, 0.25) is 0 Å². The summed E-state index contributed by atoms with van der Waals surface area (Å²) in [6.07, 6.45) is 0.102. The first-order valence-electron chi connectivity index (χ1n) is 23.1. The maximum atomic E-state index is 5.31. The SMILES string of the molecule is CC(C)(C)C1Nc2ccccc2N1c1cccc(-c2ccccc2-c2cccc(-c3ccccc3-c3nc(-c4ccccc4)nc(-c4ccc5c6ccccc6c6ccccc6c5c4)n3)c2)c1. The van der Waals surface area contributed by atoms with Gasteiger partial charge in [0.15, 0.2) is 17.5 Å². The Balaban J connectivity index is 0.961. The lowest BCUT2D eigenvalue weighted by molar-refractivity contribution is 0.351. The van der Waals surface area contributed by atoms with Crippen molar-refractivity contribution in [1.29, 1.82) is 0 Å². The van der Waals surface area contributed by atoms with Gasteiger partial charge in [-0.05, 0) is 102 Å². The molecule has 67 heavy (non-hydrogen) atoms. The van der Waals surface area contributed by atoms with Crippen LogP contribution in [0.5, 0.6) is 0 Å². The van der Waals surface area contributed by atoms with Gasteiger partial charge in [0.25, 0.3) is 0 Å². The van der Waals surface area contributed by atoms with E-state index in [1.54, 1.807) is 0 Å². The fourth-order valence-corrected chi connectivity index (χ4v) is 10.0. The number of hydrogen-bond acceptors (Lipinski definition) is 5. The lowest BCUT2D eigenvalue weighted by Crippen LogP contribution is -2.42. The standard InChI is InChI=1S/C62H47N5/c1-62(2,3)61-63-56-33-15-16-34-57(56)67(61)45-24-18-23-43(38-45)47-26-8-7-25-46(47)41-21-17-22-42(37-41)48-27-9-14-32-54(48)60-65-58(40-19-5-4-6-20-40)64-59(66-60)44-35-36-53-51-30-11-10-28-49(51)50-29-12-13-31-52(50)55(53)39-44/h4-39,61,63H,1-3H3. The zero-order valence-corrected chi connectivity index (χ0v) is 37.7. The molecule has 12 rings (SSSR count). The van der Waals surface area contributed by atoms with Gasteiger partial charge in [0, 0.05) is 27.8 Å². The third-order valence-corrected chi connectivity index (χ3v) is 13.2. The van der Waals surface area contributed by atoms with Crippen molar-refractivity contribution in [3.05, 3.63) is 218 Å². The summed E-state index contributed by atoms with van der Waals surface area (Å²) in [6, 6.07) is 77.9. The van der Waals surface area contributed by atoms with Gasteiger partial charge in [-0.3, -0.25) is 0 Å². The van der Waals surface area contributed by atoms with Crippen LogP contribution < -0.4 is 10.2 Å². The van der Waals surface area contributed by atoms with E-state index in [0.29, 0.717) is 17.5 Å². The molecule has 1 atom stereocenters. The van der Waals surface area contributed by atoms with E-state index in [1.165, 1.54) is 43.6 Å². The topological polar surface area (TPSA) is 53.9 Å². The van der Waals surface area contributed by atoms with Gasteiger partial charge in [-0.15, -0.1) is 0 Å². The number of rotatable bonds is 7. The van der Waals surface area contributed by atoms with Crippen molar-refractivity contribution in [3.63, 3.8) is 0 Å². The molecule has 0 radical (unpaired) electrons. The zero-order chi connectivity index (χ0) is 45.1. The molecule has 1 unspecified atom stereocenters. The number of fused-ring (bicyclic) bond motifs is 7. The largest absolute Gasteiger partial charge is 0.363 e. The summed E-state index contributed by atoms with van der Waals surface area (Å²) in [4.78, 5) is 18.2. The number of nitrogens with one attached hydrogen (secondary N) is 1. The molecule has 0 bridgehead atoms. The molecule has 0 spiro atoms. The Morgan fingerprint density at radius 1 is 0.358 bits per heavy atom. The average Bonchev–Trinajstić information content (AvgIpc) is 3.80. The summed E-state index contributed by atoms with van der Waals surface area (Å²) < 4.78 is 0. The maximum absolute atomic E-state index is 5.31. The summed E-state index contributed by atoms with van der Waals surface area (Å²) in [6.45, 7) is 6.89. The maximum Gasteiger partial charge on any atom is 0.164 e. The van der Waals surface area contributed by atoms with Crippen LogP contribution in [-0.4, -0.2) is 21.1 Å². The normalized spacial score (nSPS) is 13.5. The van der Waals surface area contributed by atoms with E-state index in [4.69, 9.17) is 15.0 Å². The fourth-order valence-electron chi connectivity index (χ4n) is 10.0. The van der Waals surface area contributed by atoms with Gasteiger partial charge in [-0.1, -0.05) is 203 Å². The Morgan fingerprint density at radius 2 is 0.821 bits per heavy atom. The number of nitrogens with zero attached hydrogens (tertiary/aromatic N) is 4. The molecule has 2 heterocycles. The lowest BCUT2D eigenvalue weighted by Gasteiger charge is -2.36. The highest BCUT2D eigenvalue weighted by Gasteiger charge is 2.38. The monoisotopic (exact) mass is 861 g/mol. The summed E-state index contributed by atoms with van der Waals surface area (Å²) in [7, 11) is 0. The average molecular weight is 862 g/mol. The van der Waals surface area contributed by atoms with Crippen molar-refractivity contribution in [1.82, 2.24) is 15.0 Å². The van der Waals surface area contributed by atoms with Crippen LogP contribution in [-0.2, 0) is 0 Å². The molecule has 1 aromatic heterocycles. The second-order valence-electron chi connectivity index (χ2n) is 18.5. The quantitative estimate of drug-likeness (QED) is 0.162. The Bertz CT molecular complexity index is 3650. The van der Waals surface area contributed by atoms with Gasteiger partial charge >= 0.3 is 0 Å². The van der Waals surface area contributed by atoms with Crippen LogP contribution in [0.3, 0.4) is 0 Å². The summed E-state index contributed by atoms with van der Waals surface area (Å²) in [5.41, 5.74) is 13.1. The van der Waals surface area contributed by atoms with Crippen LogP contribution in [0.25, 0.3) is 99.9 Å². The molecular weight excluding hydrogens is 815 g/mol. The van der Waals surface area contributed by atoms with E-state index in [1.807, 2.05) is 18.2 Å². The summed E-state index contributed by atoms with van der Waals surface area (Å²) >= 11 is 0. The molecular formula is C62H47N5. The number of benzene rings is 10. The molecule has 0 fully saturated rings. The first kappa shape index (κ1) is 40.1. The highest BCUT2D eigenvalue weighted by atomic mass is 15.3. The second kappa shape index (κ2) is 16.2. The van der Waals surface area contributed by atoms with Crippen molar-refractivity contribution in [2.45, 2.75) is 26.9 Å². The van der Waals surface area contributed by atoms with Crippen molar-refractivity contribution in [2.24, 2.45) is 5.41 Å². The minimum atomic E-state index is -0.0167. The predicted octanol–water partition coefficient (Wildman–Crippen LogP) is 16.3. The number of anilines is 3. The minimum absolute atomic E-state index is 0.0167. The van der Waals surface area contributed by atoms with E-state index in [2.05, 4.69) is 231 Å². The van der Waals surface area contributed by atoms with Crippen LogP contribution >= 0.6 is 0 Å². The molecule has 5 nitrogen and oxygen atoms in total. The Hall–Kier alpha value is -8.41. The van der Waals surface area contributed by atoms with E-state index >= 15 is 0 Å². The summed E-state index contributed by atoms with van der Waals surface area (Å²) in [5, 5.41) is 11.1. The first-order chi connectivity index (χ1) is 32.9. The van der Waals surface area contributed by atoms with Crippen molar-refractivity contribution in [2.75, 3.05) is 10.2 Å². The molecule has 1 aliphatic heterocycles. The van der Waals surface area contributed by atoms with E-state index < -0.39 is 0 Å². The molecule has 10 aromatic carbocycles. The van der Waals surface area contributed by atoms with E-state index in [9.17, 15) is 0 Å². The third-order valence-electron chi connectivity index (χ3n) is 13.2. The van der Waals surface area contributed by atoms with Crippen LogP contribution in [0, 0.1) is 5.41 Å². The smallest absolute Gasteiger partial charge is 0.164 e. The fraction of sp³-hybridized carbons (Fsp3) is 0.0806. The highest BCUT2D eigenvalue weighted by molar-refractivity contribution is 6.25. The van der Waals surface area contributed by atoms with Crippen molar-refractivity contribution in [3.8, 4) is 67.5 Å².